The van der Waals surface area contributed by atoms with E-state index in [0.717, 1.165) is 151 Å². The number of furan rings is 2. The Morgan fingerprint density at radius 2 is 0.657 bits per heavy atom. The normalized spacial score (nSPS) is 13.3. The van der Waals surface area contributed by atoms with Crippen molar-refractivity contribution >= 4 is 101 Å². The smallest absolute Gasteiger partial charge is 0.252 e. The van der Waals surface area contributed by atoms with Gasteiger partial charge in [-0.1, -0.05) is 296 Å². The summed E-state index contributed by atoms with van der Waals surface area (Å²) in [4.78, 5) is 5.46. The van der Waals surface area contributed by atoms with Gasteiger partial charge >= 0.3 is 0 Å². The maximum Gasteiger partial charge on any atom is 0.252 e. The zero-order valence-corrected chi connectivity index (χ0v) is 59.7. The van der Waals surface area contributed by atoms with Crippen LogP contribution in [0.1, 0.15) is 86.4 Å². The van der Waals surface area contributed by atoms with E-state index in [0.29, 0.717) is 0 Å². The van der Waals surface area contributed by atoms with Crippen LogP contribution in [0.3, 0.4) is 0 Å². The molecule has 15 aromatic carbocycles. The van der Waals surface area contributed by atoms with Gasteiger partial charge in [-0.05, 0) is 190 Å². The Morgan fingerprint density at radius 3 is 1.05 bits per heavy atom. The molecule has 5 heteroatoms. The van der Waals surface area contributed by atoms with Gasteiger partial charge < -0.3 is 18.6 Å². The lowest BCUT2D eigenvalue weighted by Gasteiger charge is -2.46. The van der Waals surface area contributed by atoms with E-state index in [9.17, 15) is 0 Å². The Labute approximate surface area is 613 Å². The molecule has 0 radical (unpaired) electrons. The average Bonchev–Trinajstić information content (AvgIpc) is 1.06. The van der Waals surface area contributed by atoms with Crippen LogP contribution in [-0.2, 0) is 17.3 Å². The highest BCUT2D eigenvalue weighted by atomic mass is 16.3. The molecule has 0 amide bonds. The highest BCUT2D eigenvalue weighted by Crippen LogP contribution is 2.57. The first-order chi connectivity index (χ1) is 51.4. The number of rotatable bonds is 9. The maximum absolute atomic E-state index is 6.76. The van der Waals surface area contributed by atoms with Gasteiger partial charge in [0.1, 0.15) is 22.3 Å². The first kappa shape index (κ1) is 62.4. The summed E-state index contributed by atoms with van der Waals surface area (Å²) in [5, 5.41) is 4.40. The molecule has 0 spiro atoms. The van der Waals surface area contributed by atoms with E-state index in [1.165, 1.54) is 55.3 Å². The summed E-state index contributed by atoms with van der Waals surface area (Å²) in [6, 6.07) is 124. The molecule has 1 aliphatic carbocycles. The van der Waals surface area contributed by atoms with Gasteiger partial charge in [0.2, 0.25) is 0 Å². The molecule has 2 aromatic heterocycles. The zero-order chi connectivity index (χ0) is 70.4. The Hall–Kier alpha value is -12.4. The summed E-state index contributed by atoms with van der Waals surface area (Å²) in [5.41, 5.74) is 36.2. The summed E-state index contributed by atoms with van der Waals surface area (Å²) >= 11 is 0. The molecule has 3 aliphatic rings. The minimum atomic E-state index is -0.337. The molecular weight excluding hydrogens is 1270 g/mol. The van der Waals surface area contributed by atoms with E-state index in [2.05, 4.69) is 379 Å². The van der Waals surface area contributed by atoms with E-state index in [1.807, 2.05) is 0 Å². The first-order valence-corrected chi connectivity index (χ1v) is 37.0. The average molecular weight is 1350 g/mol. The van der Waals surface area contributed by atoms with Crippen LogP contribution in [0.4, 0.5) is 34.1 Å². The van der Waals surface area contributed by atoms with Crippen molar-refractivity contribution in [3.8, 4) is 66.8 Å². The van der Waals surface area contributed by atoms with E-state index < -0.39 is 0 Å². The Balaban J connectivity index is 0.999. The third-order valence-electron chi connectivity index (χ3n) is 22.7. The van der Waals surface area contributed by atoms with Crippen molar-refractivity contribution in [2.75, 3.05) is 9.80 Å². The van der Waals surface area contributed by atoms with Gasteiger partial charge in [-0.2, -0.15) is 0 Å². The molecule has 2 aliphatic heterocycles. The summed E-state index contributed by atoms with van der Waals surface area (Å²) in [6.45, 7) is 13.8. The number of anilines is 6. The molecular formula is C100H75BN2O2. The van der Waals surface area contributed by atoms with E-state index in [4.69, 9.17) is 8.83 Å². The van der Waals surface area contributed by atoms with Gasteiger partial charge in [0, 0.05) is 72.5 Å². The van der Waals surface area contributed by atoms with Gasteiger partial charge in [0.25, 0.3) is 6.71 Å². The quantitative estimate of drug-likeness (QED) is 0.135. The van der Waals surface area contributed by atoms with Gasteiger partial charge in [0.15, 0.2) is 0 Å². The molecule has 0 saturated heterocycles. The van der Waals surface area contributed by atoms with E-state index >= 15 is 0 Å². The molecule has 500 valence electrons. The van der Waals surface area contributed by atoms with Gasteiger partial charge in [-0.25, -0.2) is 0 Å². The first-order valence-electron chi connectivity index (χ1n) is 37.0. The predicted octanol–water partition coefficient (Wildman–Crippen LogP) is 25.2. The number of benzene rings is 15. The lowest BCUT2D eigenvalue weighted by Crippen LogP contribution is -2.61. The summed E-state index contributed by atoms with van der Waals surface area (Å²) in [7, 11) is 0. The highest BCUT2D eigenvalue weighted by Gasteiger charge is 2.47. The fraction of sp³-hybridized carbons (Fsp3) is 0.100. The monoisotopic (exact) mass is 1350 g/mol. The minimum absolute atomic E-state index is 0.131. The lowest BCUT2D eigenvalue weighted by atomic mass is 9.33. The van der Waals surface area contributed by atoms with Crippen molar-refractivity contribution < 1.29 is 8.83 Å². The summed E-state index contributed by atoms with van der Waals surface area (Å²) < 4.78 is 13.5. The molecule has 17 aromatic rings. The van der Waals surface area contributed by atoms with Crippen LogP contribution in [0.25, 0.3) is 111 Å². The predicted molar refractivity (Wildman–Crippen MR) is 442 cm³/mol. The SMILES string of the molecule is CC(C)(C)c1cc(-c2ccccc2)c(N2c3ccc(-c4cccc5oc6ccccc6c45)cc3B3c4cc(-c5cccc6oc7ccccc7c56)ccc4N(c4c(-c5ccccc5)cc(C(C)(C)C)cc4-c4ccccc4)c4cc(C5c6ccccc6Cc6ccccc65)cc2c43)c(-c2ccccc2)c1. The molecule has 0 atom stereocenters. The standard InChI is InChI=1S/C100H75BN2O2/c1-99(2,3)71-58-79(62-29-11-7-12-30-62)97(80(59-71)63-31-13-8-14-32-63)102-85-51-49-68(75-43-27-47-91-94(75)77-41-23-25-45-89(77)104-91)54-83(85)101-84-55-69(76-44-28-48-92-95(76)78-42-24-26-46-90(78)105-92)50-52-86(84)103(98-81(64-33-15-9-16-34-64)60-72(100(4,5)6)61-82(98)65-35-17-10-18-36-65)88-57-70(56-87(102)96(88)101)93-73-39-21-19-37-66(73)53-67-38-20-22-40-74(67)93/h7-52,54-61,93H,53H2,1-6H3. The van der Waals surface area contributed by atoms with Gasteiger partial charge in [-0.15, -0.1) is 0 Å². The van der Waals surface area contributed by atoms with Crippen molar-refractivity contribution in [2.45, 2.75) is 64.7 Å². The van der Waals surface area contributed by atoms with Crippen LogP contribution in [0.2, 0.25) is 0 Å². The molecule has 0 N–H and O–H groups in total. The third kappa shape index (κ3) is 10.1. The number of hydrogen-bond donors (Lipinski definition) is 0. The van der Waals surface area contributed by atoms with Crippen LogP contribution >= 0.6 is 0 Å². The molecule has 4 nitrogen and oxygen atoms in total. The molecule has 0 saturated carbocycles. The second kappa shape index (κ2) is 24.1. The van der Waals surface area contributed by atoms with Crippen LogP contribution in [0.15, 0.2) is 336 Å². The zero-order valence-electron chi connectivity index (χ0n) is 59.7. The molecule has 20 rings (SSSR count). The summed E-state index contributed by atoms with van der Waals surface area (Å²) in [6.07, 6.45) is 0.860. The van der Waals surface area contributed by atoms with Crippen molar-refractivity contribution in [3.05, 3.63) is 367 Å². The maximum atomic E-state index is 6.76. The second-order valence-electron chi connectivity index (χ2n) is 31.0. The fourth-order valence-corrected chi connectivity index (χ4v) is 17.7. The number of nitrogens with zero attached hydrogens (tertiary/aromatic N) is 2. The number of hydrogen-bond acceptors (Lipinski definition) is 4. The van der Waals surface area contributed by atoms with Gasteiger partial charge in [-0.3, -0.25) is 0 Å². The van der Waals surface area contributed by atoms with Crippen LogP contribution in [0, 0.1) is 0 Å². The third-order valence-corrected chi connectivity index (χ3v) is 22.7. The molecule has 0 unspecified atom stereocenters. The molecule has 4 heterocycles. The van der Waals surface area contributed by atoms with Crippen LogP contribution in [0.5, 0.6) is 0 Å². The minimum Gasteiger partial charge on any atom is -0.456 e. The number of para-hydroxylation sites is 2. The second-order valence-corrected chi connectivity index (χ2v) is 31.0. The van der Waals surface area contributed by atoms with E-state index in [1.54, 1.807) is 0 Å². The van der Waals surface area contributed by atoms with Gasteiger partial charge in [0.05, 0.1) is 11.4 Å². The van der Waals surface area contributed by atoms with Crippen molar-refractivity contribution in [2.24, 2.45) is 0 Å². The largest absolute Gasteiger partial charge is 0.456 e. The molecule has 105 heavy (non-hydrogen) atoms. The Bertz CT molecular complexity index is 5850. The molecule has 0 bridgehead atoms. The summed E-state index contributed by atoms with van der Waals surface area (Å²) in [5.74, 6) is -0.131. The van der Waals surface area contributed by atoms with Crippen molar-refractivity contribution in [1.29, 1.82) is 0 Å². The Morgan fingerprint density at radius 1 is 0.305 bits per heavy atom. The highest BCUT2D eigenvalue weighted by molar-refractivity contribution is 7.00. The topological polar surface area (TPSA) is 32.8 Å². The lowest BCUT2D eigenvalue weighted by molar-refractivity contribution is 0.590. The molecule has 0 fully saturated rings. The Kier molecular flexibility index (Phi) is 14.3. The number of fused-ring (bicyclic) bond motifs is 12. The van der Waals surface area contributed by atoms with E-state index in [-0.39, 0.29) is 23.5 Å². The van der Waals surface area contributed by atoms with Crippen LogP contribution < -0.4 is 26.2 Å². The van der Waals surface area contributed by atoms with Crippen LogP contribution in [-0.4, -0.2) is 6.71 Å². The van der Waals surface area contributed by atoms with Crippen molar-refractivity contribution in [1.82, 2.24) is 0 Å². The van der Waals surface area contributed by atoms with Crippen molar-refractivity contribution in [3.63, 3.8) is 0 Å². The fourth-order valence-electron chi connectivity index (χ4n) is 17.7.